The number of carbonyl (C=O) groups is 2. The molecule has 2 aromatic carbocycles. The molecule has 9 nitrogen and oxygen atoms in total. The highest BCUT2D eigenvalue weighted by Crippen LogP contribution is 2.44. The largest absolute Gasteiger partial charge is 0.465 e. The topological polar surface area (TPSA) is 103 Å². The van der Waals surface area contributed by atoms with E-state index < -0.39 is 6.09 Å². The van der Waals surface area contributed by atoms with E-state index in [0.717, 1.165) is 41.8 Å². The Morgan fingerprint density at radius 3 is 2.51 bits per heavy atom. The minimum absolute atomic E-state index is 0.0210. The molecule has 3 N–H and O–H groups in total. The van der Waals surface area contributed by atoms with Crippen LogP contribution < -0.4 is 10.6 Å². The Labute approximate surface area is 254 Å². The number of carboxylic acid groups (broad SMARTS) is 1. The SMILES string of the molecule is CC1COCCN1C[C@H]1CN(C(=O)O)[C@H](C)CN1CC(=O)N1CC(C)(CCCN)c2ccc(Cc3ccc(F)cc3)cc21. The van der Waals surface area contributed by atoms with Crippen molar-refractivity contribution in [1.29, 1.82) is 0 Å². The summed E-state index contributed by atoms with van der Waals surface area (Å²) < 4.78 is 19.1. The van der Waals surface area contributed by atoms with Crippen LogP contribution in [0.25, 0.3) is 0 Å². The maximum Gasteiger partial charge on any atom is 0.407 e. The molecule has 10 heteroatoms. The highest BCUT2D eigenvalue weighted by molar-refractivity contribution is 5.97. The van der Waals surface area contributed by atoms with Crippen LogP contribution in [0.1, 0.15) is 50.3 Å². The van der Waals surface area contributed by atoms with Gasteiger partial charge in [0, 0.05) is 62.0 Å². The van der Waals surface area contributed by atoms with E-state index in [9.17, 15) is 19.1 Å². The van der Waals surface area contributed by atoms with E-state index in [1.54, 1.807) is 12.1 Å². The summed E-state index contributed by atoms with van der Waals surface area (Å²) in [5.41, 5.74) is 9.84. The van der Waals surface area contributed by atoms with Gasteiger partial charge in [0.15, 0.2) is 0 Å². The van der Waals surface area contributed by atoms with E-state index in [-0.39, 0.29) is 41.8 Å². The molecule has 4 atom stereocenters. The molecule has 0 aromatic heterocycles. The zero-order chi connectivity index (χ0) is 30.7. The number of hydrogen-bond acceptors (Lipinski definition) is 6. The Morgan fingerprint density at radius 1 is 1.07 bits per heavy atom. The van der Waals surface area contributed by atoms with Gasteiger partial charge in [0.1, 0.15) is 5.82 Å². The van der Waals surface area contributed by atoms with E-state index in [4.69, 9.17) is 10.5 Å². The standard InChI is InChI=1S/C33H46FN5O4/c1-23-17-37(28(19-38(23)32(41)42)18-36-13-14-43-21-24(36)2)20-31(40)39-22-33(3,11-4-12-35)29-10-7-26(16-30(29)39)15-25-5-8-27(34)9-6-25/h5-10,16,23-24,28H,4,11-15,17-22,35H2,1-3H3,(H,41,42)/t23-,24?,28+,33?/m1/s1. The second kappa shape index (κ2) is 13.3. The first-order valence-electron chi connectivity index (χ1n) is 15.5. The van der Waals surface area contributed by atoms with Gasteiger partial charge in [0.25, 0.3) is 0 Å². The van der Waals surface area contributed by atoms with Gasteiger partial charge in [-0.25, -0.2) is 9.18 Å². The lowest BCUT2D eigenvalue weighted by molar-refractivity contribution is -0.121. The lowest BCUT2D eigenvalue weighted by Gasteiger charge is -2.47. The molecule has 2 aromatic rings. The number of amides is 2. The van der Waals surface area contributed by atoms with Gasteiger partial charge in [-0.1, -0.05) is 31.2 Å². The van der Waals surface area contributed by atoms with Crippen molar-refractivity contribution >= 4 is 17.7 Å². The molecule has 234 valence electrons. The van der Waals surface area contributed by atoms with Gasteiger partial charge in [-0.3, -0.25) is 14.6 Å². The van der Waals surface area contributed by atoms with Crippen molar-refractivity contribution in [2.75, 3.05) is 63.9 Å². The number of morpholine rings is 1. The second-order valence-corrected chi connectivity index (χ2v) is 12.9. The van der Waals surface area contributed by atoms with Gasteiger partial charge in [-0.05, 0) is 74.5 Å². The summed E-state index contributed by atoms with van der Waals surface area (Å²) in [4.78, 5) is 34.2. The molecular weight excluding hydrogens is 549 g/mol. The number of anilines is 1. The summed E-state index contributed by atoms with van der Waals surface area (Å²) in [7, 11) is 0. The predicted molar refractivity (Wildman–Crippen MR) is 165 cm³/mol. The molecule has 2 saturated heterocycles. The molecule has 43 heavy (non-hydrogen) atoms. The quantitative estimate of drug-likeness (QED) is 0.457. The molecule has 0 aliphatic carbocycles. The van der Waals surface area contributed by atoms with Gasteiger partial charge in [0.05, 0.1) is 19.8 Å². The minimum Gasteiger partial charge on any atom is -0.465 e. The first kappa shape index (κ1) is 31.4. The third-order valence-electron chi connectivity index (χ3n) is 9.55. The van der Waals surface area contributed by atoms with E-state index in [0.29, 0.717) is 52.4 Å². The fourth-order valence-electron chi connectivity index (χ4n) is 7.01. The molecule has 2 fully saturated rings. The maximum absolute atomic E-state index is 14.2. The summed E-state index contributed by atoms with van der Waals surface area (Å²) in [5.74, 6) is -0.238. The molecule has 0 radical (unpaired) electrons. The van der Waals surface area contributed by atoms with Crippen LogP contribution in [-0.2, 0) is 21.4 Å². The summed E-state index contributed by atoms with van der Waals surface area (Å²) >= 11 is 0. The molecule has 2 amide bonds. The first-order valence-corrected chi connectivity index (χ1v) is 15.5. The number of fused-ring (bicyclic) bond motifs is 1. The number of nitrogens with two attached hydrogens (primary N) is 1. The Bertz CT molecular complexity index is 1290. The third kappa shape index (κ3) is 7.03. The van der Waals surface area contributed by atoms with Crippen molar-refractivity contribution < 1.29 is 23.8 Å². The number of rotatable bonds is 9. The average Bonchev–Trinajstić information content (AvgIpc) is 3.27. The van der Waals surface area contributed by atoms with Crippen molar-refractivity contribution in [2.45, 2.75) is 63.6 Å². The number of carbonyl (C=O) groups excluding carboxylic acids is 1. The minimum atomic E-state index is -0.920. The van der Waals surface area contributed by atoms with Crippen molar-refractivity contribution in [3.63, 3.8) is 0 Å². The molecule has 3 aliphatic rings. The predicted octanol–water partition coefficient (Wildman–Crippen LogP) is 3.53. The lowest BCUT2D eigenvalue weighted by atomic mass is 9.80. The normalized spacial score (nSPS) is 26.5. The smallest absolute Gasteiger partial charge is 0.407 e. The summed E-state index contributed by atoms with van der Waals surface area (Å²) in [6, 6.07) is 12.8. The Hall–Kier alpha value is -3.05. The van der Waals surface area contributed by atoms with Crippen LogP contribution in [0.5, 0.6) is 0 Å². The van der Waals surface area contributed by atoms with Gasteiger partial charge in [-0.15, -0.1) is 0 Å². The monoisotopic (exact) mass is 595 g/mol. The molecular formula is C33H46FN5O4. The van der Waals surface area contributed by atoms with E-state index in [1.165, 1.54) is 17.0 Å². The highest BCUT2D eigenvalue weighted by atomic mass is 19.1. The van der Waals surface area contributed by atoms with Crippen LogP contribution in [0.3, 0.4) is 0 Å². The second-order valence-electron chi connectivity index (χ2n) is 12.9. The van der Waals surface area contributed by atoms with Gasteiger partial charge < -0.3 is 25.4 Å². The van der Waals surface area contributed by atoms with Gasteiger partial charge in [0.2, 0.25) is 5.91 Å². The lowest BCUT2D eigenvalue weighted by Crippen LogP contribution is -2.64. The number of benzene rings is 2. The van der Waals surface area contributed by atoms with Crippen molar-refractivity contribution in [2.24, 2.45) is 5.73 Å². The zero-order valence-electron chi connectivity index (χ0n) is 25.7. The number of nitrogens with zero attached hydrogens (tertiary/aromatic N) is 4. The van der Waals surface area contributed by atoms with Crippen LogP contribution in [-0.4, -0.2) is 109 Å². The van der Waals surface area contributed by atoms with E-state index in [1.807, 2.05) is 11.8 Å². The number of ether oxygens (including phenoxy) is 1. The van der Waals surface area contributed by atoms with E-state index >= 15 is 0 Å². The van der Waals surface area contributed by atoms with Gasteiger partial charge >= 0.3 is 6.09 Å². The van der Waals surface area contributed by atoms with Crippen molar-refractivity contribution in [3.05, 3.63) is 65.0 Å². The van der Waals surface area contributed by atoms with Crippen LogP contribution in [0, 0.1) is 5.82 Å². The fourth-order valence-corrected chi connectivity index (χ4v) is 7.01. The maximum atomic E-state index is 14.2. The summed E-state index contributed by atoms with van der Waals surface area (Å²) in [6.45, 7) is 11.3. The number of hydrogen-bond donors (Lipinski definition) is 2. The molecule has 5 rings (SSSR count). The van der Waals surface area contributed by atoms with Crippen molar-refractivity contribution in [3.8, 4) is 0 Å². The van der Waals surface area contributed by atoms with Crippen LogP contribution in [0.15, 0.2) is 42.5 Å². The number of halogens is 1. The molecule has 3 aliphatic heterocycles. The van der Waals surface area contributed by atoms with Crippen LogP contribution >= 0.6 is 0 Å². The Kier molecular flexibility index (Phi) is 9.70. The van der Waals surface area contributed by atoms with E-state index in [2.05, 4.69) is 41.8 Å². The molecule has 2 unspecified atom stereocenters. The van der Waals surface area contributed by atoms with Crippen molar-refractivity contribution in [1.82, 2.24) is 14.7 Å². The Balaban J connectivity index is 1.39. The van der Waals surface area contributed by atoms with Crippen LogP contribution in [0.2, 0.25) is 0 Å². The zero-order valence-corrected chi connectivity index (χ0v) is 25.7. The first-order chi connectivity index (χ1) is 20.6. The molecule has 0 bridgehead atoms. The third-order valence-corrected chi connectivity index (χ3v) is 9.55. The molecule has 0 spiro atoms. The average molecular weight is 596 g/mol. The summed E-state index contributed by atoms with van der Waals surface area (Å²) in [5, 5.41) is 9.88. The van der Waals surface area contributed by atoms with Crippen LogP contribution in [0.4, 0.5) is 14.9 Å². The molecule has 0 saturated carbocycles. The highest BCUT2D eigenvalue weighted by Gasteiger charge is 2.43. The number of piperazine rings is 1. The Morgan fingerprint density at radius 2 is 1.81 bits per heavy atom. The van der Waals surface area contributed by atoms with Gasteiger partial charge in [-0.2, -0.15) is 0 Å². The fraction of sp³-hybridized carbons (Fsp3) is 0.576. The molecule has 3 heterocycles. The summed E-state index contributed by atoms with van der Waals surface area (Å²) in [6.07, 6.45) is 1.47.